The topological polar surface area (TPSA) is 114 Å². The molecule has 0 spiro atoms. The molecule has 2 heterocycles. The van der Waals surface area contributed by atoms with Crippen LogP contribution >= 0.6 is 22.6 Å². The number of halogens is 1. The molecular weight excluding hydrogens is 665 g/mol. The molecule has 2 aromatic heterocycles. The second-order valence-electron chi connectivity index (χ2n) is 9.47. The molecule has 4 aromatic rings. The maximum Gasteiger partial charge on any atom is 0.347 e. The highest BCUT2D eigenvalue weighted by atomic mass is 127. The standard InChI is InChI=1S/C32H34IN3O7/c1-6-39-29-17-23(16-27(33)30(29)42-22(5)32(38)40-7-2)18-34-35-31(37)28-15-14-26(43-28)19-41-25-12-10-24(11-13-25)36-20(3)8-9-21(36)4/h8-18,22H,6-7,19H2,1-5H3,(H,35,37)/b34-18+/t22-/m0/s1. The van der Waals surface area contributed by atoms with Gasteiger partial charge in [-0.2, -0.15) is 5.10 Å². The third kappa shape index (κ3) is 8.19. The van der Waals surface area contributed by atoms with E-state index in [-0.39, 0.29) is 19.0 Å². The van der Waals surface area contributed by atoms with E-state index in [9.17, 15) is 9.59 Å². The van der Waals surface area contributed by atoms with E-state index in [2.05, 4.69) is 63.7 Å². The highest BCUT2D eigenvalue weighted by Crippen LogP contribution is 2.35. The summed E-state index contributed by atoms with van der Waals surface area (Å²) in [6.07, 6.45) is 0.674. The number of aromatic nitrogens is 1. The van der Waals surface area contributed by atoms with E-state index in [1.165, 1.54) is 6.21 Å². The SMILES string of the molecule is CCOC(=O)[C@H](C)Oc1c(I)cc(/C=N/NC(=O)c2ccc(COc3ccc(-n4c(C)ccc4C)cc3)o2)cc1OCC. The number of hydrogen-bond donors (Lipinski definition) is 1. The molecule has 0 aliphatic carbocycles. The predicted octanol–water partition coefficient (Wildman–Crippen LogP) is 6.36. The van der Waals surface area contributed by atoms with E-state index in [4.69, 9.17) is 23.4 Å². The van der Waals surface area contributed by atoms with Crippen LogP contribution in [0, 0.1) is 17.4 Å². The maximum atomic E-state index is 12.6. The molecule has 0 aliphatic rings. The van der Waals surface area contributed by atoms with E-state index in [0.717, 1.165) is 17.1 Å². The van der Waals surface area contributed by atoms with E-state index < -0.39 is 18.0 Å². The summed E-state index contributed by atoms with van der Waals surface area (Å²) in [5, 5.41) is 4.06. The minimum absolute atomic E-state index is 0.103. The van der Waals surface area contributed by atoms with Gasteiger partial charge in [-0.25, -0.2) is 10.2 Å². The van der Waals surface area contributed by atoms with Crippen LogP contribution in [0.3, 0.4) is 0 Å². The number of hydrazone groups is 1. The van der Waals surface area contributed by atoms with Crippen molar-refractivity contribution in [1.82, 2.24) is 9.99 Å². The minimum atomic E-state index is -0.806. The molecule has 0 radical (unpaired) electrons. The van der Waals surface area contributed by atoms with Gasteiger partial charge in [-0.15, -0.1) is 0 Å². The molecule has 0 unspecified atom stereocenters. The second kappa shape index (κ2) is 14.8. The van der Waals surface area contributed by atoms with Crippen LogP contribution < -0.4 is 19.6 Å². The highest BCUT2D eigenvalue weighted by Gasteiger charge is 2.21. The molecular formula is C32H34IN3O7. The maximum absolute atomic E-state index is 12.6. The summed E-state index contributed by atoms with van der Waals surface area (Å²) in [5.41, 5.74) is 6.50. The number of nitrogens with one attached hydrogen (secondary N) is 1. The summed E-state index contributed by atoms with van der Waals surface area (Å²) in [5.74, 6) is 1.19. The Morgan fingerprint density at radius 2 is 1.72 bits per heavy atom. The van der Waals surface area contributed by atoms with E-state index in [0.29, 0.717) is 38.7 Å². The lowest BCUT2D eigenvalue weighted by Crippen LogP contribution is -2.26. The van der Waals surface area contributed by atoms with E-state index in [1.54, 1.807) is 38.1 Å². The van der Waals surface area contributed by atoms with Crippen molar-refractivity contribution in [2.75, 3.05) is 13.2 Å². The fraction of sp³-hybridized carbons (Fsp3) is 0.281. The van der Waals surface area contributed by atoms with Crippen LogP contribution in [0.2, 0.25) is 0 Å². The summed E-state index contributed by atoms with van der Waals surface area (Å²) >= 11 is 2.09. The number of carbonyl (C=O) groups is 2. The average molecular weight is 700 g/mol. The molecule has 1 atom stereocenters. The highest BCUT2D eigenvalue weighted by molar-refractivity contribution is 14.1. The third-order valence-electron chi connectivity index (χ3n) is 6.26. The zero-order valence-corrected chi connectivity index (χ0v) is 26.8. The zero-order valence-electron chi connectivity index (χ0n) is 24.7. The molecule has 0 saturated carbocycles. The van der Waals surface area contributed by atoms with Gasteiger partial charge in [0.1, 0.15) is 18.1 Å². The zero-order chi connectivity index (χ0) is 30.9. The smallest absolute Gasteiger partial charge is 0.347 e. The number of rotatable bonds is 13. The van der Waals surface area contributed by atoms with Crippen LogP contribution in [0.5, 0.6) is 17.2 Å². The Labute approximate surface area is 264 Å². The van der Waals surface area contributed by atoms with Crippen molar-refractivity contribution in [2.45, 2.75) is 47.3 Å². The number of carbonyl (C=O) groups excluding carboxylic acids is 2. The number of amides is 1. The van der Waals surface area contributed by atoms with Crippen LogP contribution in [0.4, 0.5) is 0 Å². The van der Waals surface area contributed by atoms with Gasteiger partial charge < -0.3 is 27.9 Å². The summed E-state index contributed by atoms with van der Waals surface area (Å²) in [7, 11) is 0. The van der Waals surface area contributed by atoms with Crippen molar-refractivity contribution in [3.63, 3.8) is 0 Å². The van der Waals surface area contributed by atoms with Crippen LogP contribution in [0.1, 0.15) is 54.0 Å². The first-order chi connectivity index (χ1) is 20.7. The Bertz CT molecular complexity index is 1570. The van der Waals surface area contributed by atoms with Crippen LogP contribution in [-0.4, -0.2) is 42.0 Å². The van der Waals surface area contributed by atoms with Gasteiger partial charge >= 0.3 is 11.9 Å². The Morgan fingerprint density at radius 1 is 1.00 bits per heavy atom. The van der Waals surface area contributed by atoms with E-state index >= 15 is 0 Å². The van der Waals surface area contributed by atoms with Gasteiger partial charge in [-0.05, 0) is 123 Å². The van der Waals surface area contributed by atoms with Crippen molar-refractivity contribution < 1.29 is 33.0 Å². The van der Waals surface area contributed by atoms with Crippen LogP contribution in [-0.2, 0) is 16.1 Å². The summed E-state index contributed by atoms with van der Waals surface area (Å²) in [6, 6.07) is 18.7. The molecule has 2 aromatic carbocycles. The normalized spacial score (nSPS) is 11.8. The van der Waals surface area contributed by atoms with Gasteiger partial charge in [0.25, 0.3) is 0 Å². The summed E-state index contributed by atoms with van der Waals surface area (Å²) in [6.45, 7) is 10.1. The van der Waals surface area contributed by atoms with Crippen molar-refractivity contribution in [3.05, 3.63) is 92.7 Å². The molecule has 0 fully saturated rings. The number of esters is 1. The fourth-order valence-corrected chi connectivity index (χ4v) is 5.00. The first kappa shape index (κ1) is 31.7. The van der Waals surface area contributed by atoms with Crippen molar-refractivity contribution >= 4 is 40.7 Å². The lowest BCUT2D eigenvalue weighted by molar-refractivity contribution is -0.150. The first-order valence-electron chi connectivity index (χ1n) is 13.8. The summed E-state index contributed by atoms with van der Waals surface area (Å²) in [4.78, 5) is 24.6. The van der Waals surface area contributed by atoms with Gasteiger partial charge in [-0.3, -0.25) is 4.79 Å². The molecule has 0 bridgehead atoms. The first-order valence-corrected chi connectivity index (χ1v) is 14.9. The number of nitrogens with zero attached hydrogens (tertiary/aromatic N) is 2. The Morgan fingerprint density at radius 3 is 2.40 bits per heavy atom. The van der Waals surface area contributed by atoms with Crippen molar-refractivity contribution in [2.24, 2.45) is 5.10 Å². The molecule has 0 aliphatic heterocycles. The van der Waals surface area contributed by atoms with Gasteiger partial charge in [0.05, 0.1) is 23.0 Å². The Hall–Kier alpha value is -4.26. The molecule has 1 N–H and O–H groups in total. The minimum Gasteiger partial charge on any atom is -0.490 e. The molecule has 43 heavy (non-hydrogen) atoms. The Kier molecular flexibility index (Phi) is 10.9. The van der Waals surface area contributed by atoms with Crippen molar-refractivity contribution in [3.8, 4) is 22.9 Å². The lowest BCUT2D eigenvalue weighted by atomic mass is 10.2. The molecule has 1 amide bonds. The molecule has 4 rings (SSSR count). The van der Waals surface area contributed by atoms with Gasteiger partial charge in [0, 0.05) is 17.1 Å². The summed E-state index contributed by atoms with van der Waals surface area (Å²) < 4.78 is 31.0. The van der Waals surface area contributed by atoms with Gasteiger partial charge in [-0.1, -0.05) is 0 Å². The Balaban J connectivity index is 1.33. The van der Waals surface area contributed by atoms with Crippen LogP contribution in [0.25, 0.3) is 5.69 Å². The number of aryl methyl sites for hydroxylation is 2. The monoisotopic (exact) mass is 699 g/mol. The molecule has 10 nitrogen and oxygen atoms in total. The van der Waals surface area contributed by atoms with Crippen molar-refractivity contribution in [1.29, 1.82) is 0 Å². The molecule has 226 valence electrons. The molecule has 0 saturated heterocycles. The lowest BCUT2D eigenvalue weighted by Gasteiger charge is -2.18. The number of furan rings is 1. The number of benzene rings is 2. The largest absolute Gasteiger partial charge is 0.490 e. The number of hydrogen-bond acceptors (Lipinski definition) is 8. The number of ether oxygens (including phenoxy) is 4. The second-order valence-corrected chi connectivity index (χ2v) is 10.6. The van der Waals surface area contributed by atoms with Gasteiger partial charge in [0.2, 0.25) is 0 Å². The van der Waals surface area contributed by atoms with Crippen LogP contribution in [0.15, 0.2) is 70.2 Å². The molecule has 11 heteroatoms. The van der Waals surface area contributed by atoms with Gasteiger partial charge in [0.15, 0.2) is 23.4 Å². The average Bonchev–Trinajstić information content (AvgIpc) is 3.60. The third-order valence-corrected chi connectivity index (χ3v) is 7.06. The predicted molar refractivity (Wildman–Crippen MR) is 170 cm³/mol. The van der Waals surface area contributed by atoms with E-state index in [1.807, 2.05) is 31.2 Å². The fourth-order valence-electron chi connectivity index (χ4n) is 4.24. The quantitative estimate of drug-likeness (QED) is 0.0748.